The fourth-order valence-corrected chi connectivity index (χ4v) is 3.63. The molecular weight excluding hydrogens is 358 g/mol. The van der Waals surface area contributed by atoms with Crippen LogP contribution in [0.4, 0.5) is 0 Å². The van der Waals surface area contributed by atoms with Gasteiger partial charge < -0.3 is 0 Å². The number of aromatic nitrogens is 1. The smallest absolute Gasteiger partial charge is 0.195 e. The fraction of sp³-hybridized carbons (Fsp3) is 0.0667. The number of hydrogen-bond acceptors (Lipinski definition) is 3. The minimum Gasteiger partial charge on any atom is -0.291 e. The molecule has 3 rings (SSSR count). The van der Waals surface area contributed by atoms with Crippen molar-refractivity contribution in [3.05, 3.63) is 62.5 Å². The molecule has 0 spiro atoms. The molecule has 0 aliphatic heterocycles. The Balaban J connectivity index is 1.89. The molecule has 0 atom stereocenters. The lowest BCUT2D eigenvalue weighted by Crippen LogP contribution is -2.03. The third-order valence-electron chi connectivity index (χ3n) is 2.90. The molecule has 100 valence electrons. The van der Waals surface area contributed by atoms with Crippen molar-refractivity contribution in [2.24, 2.45) is 0 Å². The maximum atomic E-state index is 12.3. The fourth-order valence-electron chi connectivity index (χ4n) is 1.91. The van der Waals surface area contributed by atoms with E-state index >= 15 is 0 Å². The van der Waals surface area contributed by atoms with Gasteiger partial charge in [-0.2, -0.15) is 0 Å². The van der Waals surface area contributed by atoms with E-state index in [1.54, 1.807) is 12.1 Å². The molecule has 5 heteroatoms. The van der Waals surface area contributed by atoms with Gasteiger partial charge >= 0.3 is 0 Å². The quantitative estimate of drug-likeness (QED) is 0.601. The van der Waals surface area contributed by atoms with E-state index in [0.29, 0.717) is 16.5 Å². The van der Waals surface area contributed by atoms with Crippen LogP contribution in [0.25, 0.3) is 10.2 Å². The summed E-state index contributed by atoms with van der Waals surface area (Å²) in [6, 6.07) is 13.2. The second-order valence-electron chi connectivity index (χ2n) is 4.32. The number of carbonyl (C=O) groups excluding carboxylic acids is 1. The Morgan fingerprint density at radius 3 is 2.80 bits per heavy atom. The summed E-state index contributed by atoms with van der Waals surface area (Å²) in [6.45, 7) is 0. The molecule has 2 nitrogen and oxygen atoms in total. The third kappa shape index (κ3) is 2.77. The molecule has 0 fully saturated rings. The number of benzene rings is 2. The van der Waals surface area contributed by atoms with Gasteiger partial charge in [-0.3, -0.25) is 4.79 Å². The van der Waals surface area contributed by atoms with Crippen molar-refractivity contribution in [2.45, 2.75) is 6.42 Å². The van der Waals surface area contributed by atoms with Crippen LogP contribution in [-0.4, -0.2) is 10.8 Å². The van der Waals surface area contributed by atoms with Crippen molar-refractivity contribution < 1.29 is 4.79 Å². The first-order valence-electron chi connectivity index (χ1n) is 5.96. The summed E-state index contributed by atoms with van der Waals surface area (Å²) in [6.07, 6.45) is 0.317. The number of para-hydroxylation sites is 1. The lowest BCUT2D eigenvalue weighted by atomic mass is 10.1. The number of ketones is 1. The predicted octanol–water partition coefficient (Wildman–Crippen LogP) is 5.14. The van der Waals surface area contributed by atoms with Gasteiger partial charge in [0.05, 0.1) is 10.2 Å². The average molecular weight is 367 g/mol. The molecule has 0 aliphatic carbocycles. The average Bonchev–Trinajstić information content (AvgIpc) is 2.86. The number of fused-ring (bicyclic) bond motifs is 1. The van der Waals surface area contributed by atoms with Gasteiger partial charge in [0.2, 0.25) is 0 Å². The third-order valence-corrected chi connectivity index (χ3v) is 4.95. The summed E-state index contributed by atoms with van der Waals surface area (Å²) in [4.78, 5) is 16.7. The van der Waals surface area contributed by atoms with E-state index in [0.717, 1.165) is 20.3 Å². The maximum Gasteiger partial charge on any atom is 0.195 e. The number of halogens is 2. The van der Waals surface area contributed by atoms with Gasteiger partial charge in [0.15, 0.2) is 10.8 Å². The van der Waals surface area contributed by atoms with Gasteiger partial charge in [-0.15, -0.1) is 11.3 Å². The Bertz CT molecular complexity index is 766. The molecule has 0 bridgehead atoms. The Morgan fingerprint density at radius 1 is 1.25 bits per heavy atom. The van der Waals surface area contributed by atoms with Crippen LogP contribution in [0.15, 0.2) is 46.9 Å². The van der Waals surface area contributed by atoms with E-state index in [4.69, 9.17) is 11.6 Å². The summed E-state index contributed by atoms with van der Waals surface area (Å²) in [5.74, 6) is 0.0224. The summed E-state index contributed by atoms with van der Waals surface area (Å²) in [5, 5.41) is 1.20. The molecule has 2 aromatic carbocycles. The summed E-state index contributed by atoms with van der Waals surface area (Å²) >= 11 is 10.8. The minimum absolute atomic E-state index is 0.0224. The summed E-state index contributed by atoms with van der Waals surface area (Å²) in [7, 11) is 0. The number of nitrogens with zero attached hydrogens (tertiary/aromatic N) is 1. The zero-order chi connectivity index (χ0) is 14.1. The van der Waals surface area contributed by atoms with Crippen LogP contribution in [0.1, 0.15) is 15.4 Å². The highest BCUT2D eigenvalue weighted by Crippen LogP contribution is 2.26. The Morgan fingerprint density at radius 2 is 2.05 bits per heavy atom. The van der Waals surface area contributed by atoms with Crippen molar-refractivity contribution in [3.8, 4) is 0 Å². The summed E-state index contributed by atoms with van der Waals surface area (Å²) in [5.41, 5.74) is 1.79. The van der Waals surface area contributed by atoms with Crippen LogP contribution in [0.5, 0.6) is 0 Å². The lowest BCUT2D eigenvalue weighted by Gasteiger charge is -2.02. The minimum atomic E-state index is 0.0224. The van der Waals surface area contributed by atoms with E-state index in [2.05, 4.69) is 20.9 Å². The highest BCUT2D eigenvalue weighted by atomic mass is 79.9. The first-order chi connectivity index (χ1) is 9.63. The second kappa shape index (κ2) is 5.64. The first-order valence-corrected chi connectivity index (χ1v) is 7.95. The number of thiazole rings is 1. The monoisotopic (exact) mass is 365 g/mol. The van der Waals surface area contributed by atoms with Crippen molar-refractivity contribution in [2.75, 3.05) is 0 Å². The normalized spacial score (nSPS) is 10.9. The largest absolute Gasteiger partial charge is 0.291 e. The second-order valence-corrected chi connectivity index (χ2v) is 6.64. The Kier molecular flexibility index (Phi) is 3.87. The van der Waals surface area contributed by atoms with Gasteiger partial charge in [0.1, 0.15) is 0 Å². The van der Waals surface area contributed by atoms with E-state index in [9.17, 15) is 4.79 Å². The first kappa shape index (κ1) is 13.7. The Labute approximate surface area is 133 Å². The zero-order valence-electron chi connectivity index (χ0n) is 10.3. The molecule has 0 N–H and O–H groups in total. The highest BCUT2D eigenvalue weighted by molar-refractivity contribution is 9.10. The predicted molar refractivity (Wildman–Crippen MR) is 86.8 cm³/mol. The van der Waals surface area contributed by atoms with Crippen molar-refractivity contribution >= 4 is 54.9 Å². The standard InChI is InChI=1S/C15H9BrClNOS/c16-11-8-10(17)6-5-9(11)7-13(19)15-18-12-3-1-2-4-14(12)20-15/h1-6,8H,7H2. The molecule has 0 saturated heterocycles. The molecule has 1 heterocycles. The molecule has 20 heavy (non-hydrogen) atoms. The molecule has 3 aromatic rings. The molecular formula is C15H9BrClNOS. The molecule has 0 amide bonds. The SMILES string of the molecule is O=C(Cc1ccc(Cl)cc1Br)c1nc2ccccc2s1. The van der Waals surface area contributed by atoms with Crippen LogP contribution in [0.2, 0.25) is 5.02 Å². The highest BCUT2D eigenvalue weighted by Gasteiger charge is 2.14. The van der Waals surface area contributed by atoms with Gasteiger partial charge in [-0.25, -0.2) is 4.98 Å². The number of Topliss-reactive ketones (excluding diaryl/α,β-unsaturated/α-hetero) is 1. The molecule has 0 aliphatic rings. The van der Waals surface area contributed by atoms with Crippen LogP contribution in [-0.2, 0) is 6.42 Å². The zero-order valence-corrected chi connectivity index (χ0v) is 13.4. The molecule has 0 saturated carbocycles. The van der Waals surface area contributed by atoms with E-state index in [-0.39, 0.29) is 5.78 Å². The van der Waals surface area contributed by atoms with Crippen molar-refractivity contribution in [1.82, 2.24) is 4.98 Å². The van der Waals surface area contributed by atoms with Gasteiger partial charge in [-0.05, 0) is 29.8 Å². The molecule has 1 aromatic heterocycles. The van der Waals surface area contributed by atoms with Gasteiger partial charge in [-0.1, -0.05) is 45.7 Å². The van der Waals surface area contributed by atoms with Gasteiger partial charge in [0, 0.05) is 15.9 Å². The van der Waals surface area contributed by atoms with E-state index in [1.165, 1.54) is 11.3 Å². The van der Waals surface area contributed by atoms with Crippen LogP contribution in [0.3, 0.4) is 0 Å². The topological polar surface area (TPSA) is 30.0 Å². The summed E-state index contributed by atoms with van der Waals surface area (Å²) < 4.78 is 1.88. The van der Waals surface area contributed by atoms with Crippen LogP contribution < -0.4 is 0 Å². The van der Waals surface area contributed by atoms with E-state index < -0.39 is 0 Å². The number of carbonyl (C=O) groups is 1. The van der Waals surface area contributed by atoms with Crippen molar-refractivity contribution in [3.63, 3.8) is 0 Å². The van der Waals surface area contributed by atoms with Gasteiger partial charge in [0.25, 0.3) is 0 Å². The lowest BCUT2D eigenvalue weighted by molar-refractivity contribution is 0.0992. The Hall–Kier alpha value is -1.23. The molecule has 0 unspecified atom stereocenters. The number of hydrogen-bond donors (Lipinski definition) is 0. The molecule has 0 radical (unpaired) electrons. The number of rotatable bonds is 3. The van der Waals surface area contributed by atoms with E-state index in [1.807, 2.05) is 30.3 Å². The van der Waals surface area contributed by atoms with Crippen molar-refractivity contribution in [1.29, 1.82) is 0 Å². The van der Waals surface area contributed by atoms with Crippen LogP contribution in [0, 0.1) is 0 Å². The maximum absolute atomic E-state index is 12.3. The van der Waals surface area contributed by atoms with Crippen LogP contribution >= 0.6 is 38.9 Å².